The molecule has 0 fully saturated rings. The molecule has 0 aromatic heterocycles. The van der Waals surface area contributed by atoms with Crippen molar-refractivity contribution < 1.29 is 25.2 Å². The van der Waals surface area contributed by atoms with Gasteiger partial charge in [-0.3, -0.25) is 4.79 Å². The molecule has 318 valence electrons. The first-order chi connectivity index (χ1) is 26.5. The lowest BCUT2D eigenvalue weighted by molar-refractivity contribution is -0.132. The predicted molar refractivity (Wildman–Crippen MR) is 233 cm³/mol. The third-order valence-electron chi connectivity index (χ3n) is 10.8. The average molecular weight is 762 g/mol. The number of hydrogen-bond acceptors (Lipinski definition) is 5. The smallest absolute Gasteiger partial charge is 0.249 e. The predicted octanol–water partition coefficient (Wildman–Crippen LogP) is 12.5. The van der Waals surface area contributed by atoms with E-state index < -0.39 is 36.9 Å². The fourth-order valence-electron chi connectivity index (χ4n) is 7.08. The monoisotopic (exact) mass is 762 g/mol. The van der Waals surface area contributed by atoms with Crippen LogP contribution in [0.2, 0.25) is 0 Å². The fraction of sp³-hybridized carbons (Fsp3) is 0.854. The molecule has 0 spiro atoms. The summed E-state index contributed by atoms with van der Waals surface area (Å²) in [6.45, 7) is 4.02. The second-order valence-electron chi connectivity index (χ2n) is 16.1. The number of amides is 1. The molecular formula is C48H91NO5. The van der Waals surface area contributed by atoms with Gasteiger partial charge in [0.2, 0.25) is 5.91 Å². The Bertz CT molecular complexity index is 858. The van der Waals surface area contributed by atoms with Crippen LogP contribution in [0.15, 0.2) is 36.5 Å². The second-order valence-corrected chi connectivity index (χ2v) is 16.1. The SMILES string of the molecule is CCCCC/C=C\C/C=C\CCCCCCCCC(O)C(=O)NC(CO)C(O)C(O)CCC/C=C/CCCCCCCCCCCCCCCCCCC. The highest BCUT2D eigenvalue weighted by molar-refractivity contribution is 5.80. The number of carbonyl (C=O) groups is 1. The van der Waals surface area contributed by atoms with E-state index in [-0.39, 0.29) is 0 Å². The molecule has 0 aromatic carbocycles. The zero-order valence-electron chi connectivity index (χ0n) is 35.7. The highest BCUT2D eigenvalue weighted by Gasteiger charge is 2.28. The molecule has 0 aliphatic carbocycles. The standard InChI is InChI=1S/C48H91NO5/c1-3-5-7-9-11-13-15-17-19-21-22-23-24-25-26-28-29-31-33-35-37-39-41-45(51)47(53)44(43-50)49-48(54)46(52)42-40-38-36-34-32-30-27-20-18-16-14-12-10-8-6-4-2/h12,14,18,20,33,35,44-47,50-53H,3-11,13,15-17,19,21-32,34,36-43H2,1-2H3,(H,49,54)/b14-12-,20-18-,35-33+. The number of aliphatic hydroxyl groups excluding tert-OH is 4. The molecule has 4 atom stereocenters. The summed E-state index contributed by atoms with van der Waals surface area (Å²) in [4.78, 5) is 12.5. The number of nitrogens with one attached hydrogen (secondary N) is 1. The van der Waals surface area contributed by atoms with Crippen molar-refractivity contribution in [1.82, 2.24) is 5.32 Å². The van der Waals surface area contributed by atoms with Crippen molar-refractivity contribution in [3.05, 3.63) is 36.5 Å². The summed E-state index contributed by atoms with van der Waals surface area (Å²) in [6, 6.07) is -1.01. The third kappa shape index (κ3) is 36.2. The maximum atomic E-state index is 12.5. The van der Waals surface area contributed by atoms with Gasteiger partial charge in [0.05, 0.1) is 18.8 Å². The topological polar surface area (TPSA) is 110 Å². The Morgan fingerprint density at radius 2 is 0.815 bits per heavy atom. The Hall–Kier alpha value is -1.47. The van der Waals surface area contributed by atoms with Crippen LogP contribution < -0.4 is 5.32 Å². The van der Waals surface area contributed by atoms with E-state index in [0.29, 0.717) is 12.8 Å². The molecule has 6 heteroatoms. The van der Waals surface area contributed by atoms with E-state index in [2.05, 4.69) is 55.6 Å². The summed E-state index contributed by atoms with van der Waals surface area (Å²) in [5.41, 5.74) is 0. The minimum Gasteiger partial charge on any atom is -0.394 e. The lowest BCUT2D eigenvalue weighted by Gasteiger charge is -2.27. The molecule has 5 N–H and O–H groups in total. The van der Waals surface area contributed by atoms with Crippen LogP contribution in [0.1, 0.15) is 232 Å². The zero-order chi connectivity index (χ0) is 39.6. The van der Waals surface area contributed by atoms with Gasteiger partial charge in [0.25, 0.3) is 0 Å². The molecule has 0 saturated carbocycles. The van der Waals surface area contributed by atoms with Crippen LogP contribution in [-0.2, 0) is 4.79 Å². The second kappa shape index (κ2) is 42.7. The molecule has 0 aliphatic heterocycles. The molecule has 0 aromatic rings. The maximum absolute atomic E-state index is 12.5. The summed E-state index contributed by atoms with van der Waals surface area (Å²) >= 11 is 0. The van der Waals surface area contributed by atoms with Crippen LogP contribution in [0.3, 0.4) is 0 Å². The Morgan fingerprint density at radius 1 is 0.463 bits per heavy atom. The van der Waals surface area contributed by atoms with Crippen molar-refractivity contribution in [3.8, 4) is 0 Å². The fourth-order valence-corrected chi connectivity index (χ4v) is 7.08. The lowest BCUT2D eigenvalue weighted by Crippen LogP contribution is -2.53. The van der Waals surface area contributed by atoms with Crippen molar-refractivity contribution in [3.63, 3.8) is 0 Å². The first-order valence-corrected chi connectivity index (χ1v) is 23.4. The van der Waals surface area contributed by atoms with Gasteiger partial charge in [0, 0.05) is 0 Å². The van der Waals surface area contributed by atoms with Gasteiger partial charge >= 0.3 is 0 Å². The van der Waals surface area contributed by atoms with Crippen LogP contribution >= 0.6 is 0 Å². The van der Waals surface area contributed by atoms with Gasteiger partial charge < -0.3 is 25.7 Å². The van der Waals surface area contributed by atoms with Gasteiger partial charge in [0.1, 0.15) is 12.2 Å². The van der Waals surface area contributed by atoms with Gasteiger partial charge in [-0.15, -0.1) is 0 Å². The molecule has 0 rings (SSSR count). The summed E-state index contributed by atoms with van der Waals surface area (Å²) in [7, 11) is 0. The minimum absolute atomic E-state index is 0.350. The molecule has 0 aliphatic rings. The van der Waals surface area contributed by atoms with Gasteiger partial charge in [0.15, 0.2) is 0 Å². The molecule has 6 nitrogen and oxygen atoms in total. The van der Waals surface area contributed by atoms with Crippen LogP contribution in [0.25, 0.3) is 0 Å². The molecule has 0 radical (unpaired) electrons. The number of rotatable bonds is 42. The van der Waals surface area contributed by atoms with Gasteiger partial charge in [-0.1, -0.05) is 198 Å². The van der Waals surface area contributed by atoms with Gasteiger partial charge in [-0.05, 0) is 70.6 Å². The van der Waals surface area contributed by atoms with Gasteiger partial charge in [-0.25, -0.2) is 0 Å². The molecular weight excluding hydrogens is 671 g/mol. The van der Waals surface area contributed by atoms with Crippen LogP contribution in [0.4, 0.5) is 0 Å². The maximum Gasteiger partial charge on any atom is 0.249 e. The first kappa shape index (κ1) is 52.5. The Morgan fingerprint density at radius 3 is 1.26 bits per heavy atom. The first-order valence-electron chi connectivity index (χ1n) is 23.4. The molecule has 0 saturated heterocycles. The molecule has 1 amide bonds. The van der Waals surface area contributed by atoms with E-state index in [1.807, 2.05) is 0 Å². The van der Waals surface area contributed by atoms with Crippen molar-refractivity contribution in [1.29, 1.82) is 0 Å². The number of hydrogen-bond donors (Lipinski definition) is 5. The normalized spacial score (nSPS) is 14.4. The van der Waals surface area contributed by atoms with Crippen molar-refractivity contribution in [2.75, 3.05) is 6.61 Å². The van der Waals surface area contributed by atoms with E-state index in [4.69, 9.17) is 0 Å². The van der Waals surface area contributed by atoms with Crippen LogP contribution in [0.5, 0.6) is 0 Å². The van der Waals surface area contributed by atoms with E-state index >= 15 is 0 Å². The van der Waals surface area contributed by atoms with E-state index in [1.54, 1.807) is 0 Å². The number of unbranched alkanes of at least 4 members (excludes halogenated alkanes) is 27. The summed E-state index contributed by atoms with van der Waals surface area (Å²) in [5, 5.41) is 43.7. The summed E-state index contributed by atoms with van der Waals surface area (Å²) < 4.78 is 0. The molecule has 54 heavy (non-hydrogen) atoms. The van der Waals surface area contributed by atoms with E-state index in [9.17, 15) is 25.2 Å². The van der Waals surface area contributed by atoms with E-state index in [1.165, 1.54) is 148 Å². The van der Waals surface area contributed by atoms with Crippen LogP contribution in [0, 0.1) is 0 Å². The summed E-state index contributed by atoms with van der Waals surface area (Å²) in [6.07, 6.45) is 50.4. The summed E-state index contributed by atoms with van der Waals surface area (Å²) in [5.74, 6) is -0.602. The zero-order valence-corrected chi connectivity index (χ0v) is 35.7. The third-order valence-corrected chi connectivity index (χ3v) is 10.8. The largest absolute Gasteiger partial charge is 0.394 e. The lowest BCUT2D eigenvalue weighted by atomic mass is 10.00. The minimum atomic E-state index is -1.29. The van der Waals surface area contributed by atoms with Crippen LogP contribution in [-0.4, -0.2) is 57.3 Å². The Balaban J connectivity index is 3.75. The van der Waals surface area contributed by atoms with E-state index in [0.717, 1.165) is 57.8 Å². The molecule has 0 heterocycles. The molecule has 0 bridgehead atoms. The van der Waals surface area contributed by atoms with Crippen molar-refractivity contribution in [2.45, 2.75) is 257 Å². The van der Waals surface area contributed by atoms with Gasteiger partial charge in [-0.2, -0.15) is 0 Å². The number of aliphatic hydroxyl groups is 4. The van der Waals surface area contributed by atoms with Crippen molar-refractivity contribution >= 4 is 5.91 Å². The highest BCUT2D eigenvalue weighted by Crippen LogP contribution is 2.16. The average Bonchev–Trinajstić information content (AvgIpc) is 3.18. The number of allylic oxidation sites excluding steroid dienone is 6. The van der Waals surface area contributed by atoms with Crippen molar-refractivity contribution in [2.24, 2.45) is 0 Å². The number of carbonyl (C=O) groups excluding carboxylic acids is 1. The molecule has 4 unspecified atom stereocenters. The highest BCUT2D eigenvalue weighted by atomic mass is 16.3. The Labute approximate surface area is 335 Å². The quantitative estimate of drug-likeness (QED) is 0.0314. The Kier molecular flexibility index (Phi) is 41.5.